The van der Waals surface area contributed by atoms with Gasteiger partial charge in [0.2, 0.25) is 5.91 Å². The van der Waals surface area contributed by atoms with E-state index < -0.39 is 23.7 Å². The lowest BCUT2D eigenvalue weighted by atomic mass is 10.0. The molecule has 172 valence electrons. The van der Waals surface area contributed by atoms with E-state index in [9.17, 15) is 22.8 Å². The molecule has 0 saturated heterocycles. The lowest BCUT2D eigenvalue weighted by molar-refractivity contribution is -0.137. The Labute approximate surface area is 194 Å². The predicted molar refractivity (Wildman–Crippen MR) is 124 cm³/mol. The molecule has 0 radical (unpaired) electrons. The largest absolute Gasteiger partial charge is 0.416 e. The monoisotopic (exact) mass is 472 g/mol. The van der Waals surface area contributed by atoms with Gasteiger partial charge >= 0.3 is 6.18 Å². The van der Waals surface area contributed by atoms with E-state index in [0.717, 1.165) is 17.7 Å². The summed E-state index contributed by atoms with van der Waals surface area (Å²) in [7, 11) is 0. The molecule has 3 aromatic carbocycles. The second kappa shape index (κ2) is 10.6. The molecule has 33 heavy (non-hydrogen) atoms. The minimum Gasteiger partial charge on any atom is -0.345 e. The van der Waals surface area contributed by atoms with Crippen molar-refractivity contribution in [3.8, 4) is 0 Å². The molecule has 0 aliphatic rings. The van der Waals surface area contributed by atoms with E-state index in [-0.39, 0.29) is 11.7 Å². The lowest BCUT2D eigenvalue weighted by Crippen LogP contribution is -2.27. The average molecular weight is 473 g/mol. The van der Waals surface area contributed by atoms with Gasteiger partial charge in [-0.25, -0.2) is 0 Å². The summed E-state index contributed by atoms with van der Waals surface area (Å²) in [6.45, 7) is 3.58. The van der Waals surface area contributed by atoms with Crippen molar-refractivity contribution in [3.63, 3.8) is 0 Å². The van der Waals surface area contributed by atoms with Gasteiger partial charge in [-0.05, 0) is 55.8 Å². The zero-order valence-electron chi connectivity index (χ0n) is 18.1. The van der Waals surface area contributed by atoms with Crippen LogP contribution in [0.25, 0.3) is 0 Å². The van der Waals surface area contributed by atoms with Crippen molar-refractivity contribution >= 4 is 29.3 Å². The number of hydrogen-bond donors (Lipinski definition) is 2. The van der Waals surface area contributed by atoms with Gasteiger partial charge in [0.15, 0.2) is 0 Å². The van der Waals surface area contributed by atoms with Crippen LogP contribution in [0, 0.1) is 6.92 Å². The van der Waals surface area contributed by atoms with E-state index >= 15 is 0 Å². The van der Waals surface area contributed by atoms with Gasteiger partial charge in [0.05, 0.1) is 22.9 Å². The zero-order chi connectivity index (χ0) is 24.0. The number of carbonyl (C=O) groups is 2. The summed E-state index contributed by atoms with van der Waals surface area (Å²) in [6, 6.07) is 18.5. The minimum absolute atomic E-state index is 0.0986. The molecular formula is C25H23F3N2O2S. The third kappa shape index (κ3) is 6.86. The number of aryl methyl sites for hydroxylation is 1. The first kappa shape index (κ1) is 24.4. The average Bonchev–Trinajstić information content (AvgIpc) is 2.79. The van der Waals surface area contributed by atoms with E-state index in [2.05, 4.69) is 10.6 Å². The molecule has 0 heterocycles. The van der Waals surface area contributed by atoms with E-state index in [0.29, 0.717) is 21.7 Å². The van der Waals surface area contributed by atoms with Crippen LogP contribution in [0.3, 0.4) is 0 Å². The van der Waals surface area contributed by atoms with Gasteiger partial charge in [-0.2, -0.15) is 13.2 Å². The maximum Gasteiger partial charge on any atom is 0.416 e. The van der Waals surface area contributed by atoms with Crippen molar-refractivity contribution in [1.82, 2.24) is 5.32 Å². The van der Waals surface area contributed by atoms with Gasteiger partial charge in [-0.1, -0.05) is 42.0 Å². The Hall–Kier alpha value is -3.26. The molecule has 1 atom stereocenters. The number of thioether (sulfide) groups is 1. The first-order valence-corrected chi connectivity index (χ1v) is 11.2. The van der Waals surface area contributed by atoms with Crippen molar-refractivity contribution in [3.05, 3.63) is 95.1 Å². The molecule has 3 rings (SSSR count). The highest BCUT2D eigenvalue weighted by atomic mass is 32.2. The highest BCUT2D eigenvalue weighted by molar-refractivity contribution is 8.00. The Balaban J connectivity index is 1.65. The van der Waals surface area contributed by atoms with Crippen molar-refractivity contribution in [2.45, 2.75) is 31.0 Å². The molecule has 0 aromatic heterocycles. The normalized spacial score (nSPS) is 12.2. The van der Waals surface area contributed by atoms with Gasteiger partial charge in [0, 0.05) is 10.6 Å². The first-order valence-electron chi connectivity index (χ1n) is 10.2. The third-order valence-corrected chi connectivity index (χ3v) is 5.96. The molecule has 0 spiro atoms. The number of amides is 2. The summed E-state index contributed by atoms with van der Waals surface area (Å²) in [5.41, 5.74) is 1.70. The molecule has 8 heteroatoms. The predicted octanol–water partition coefficient (Wildman–Crippen LogP) is 6.24. The topological polar surface area (TPSA) is 58.2 Å². The molecule has 2 N–H and O–H groups in total. The van der Waals surface area contributed by atoms with Gasteiger partial charge in [0.25, 0.3) is 5.91 Å². The third-order valence-electron chi connectivity index (χ3n) is 4.89. The SMILES string of the molecule is Cc1ccc(NC(=O)CSc2ccccc2C(=O)NC(C)c2cccc(C(F)(F)F)c2)cc1. The quantitative estimate of drug-likeness (QED) is 0.401. The fourth-order valence-electron chi connectivity index (χ4n) is 3.10. The Morgan fingerprint density at radius 2 is 1.67 bits per heavy atom. The highest BCUT2D eigenvalue weighted by Crippen LogP contribution is 2.31. The Bertz CT molecular complexity index is 1130. The van der Waals surface area contributed by atoms with Gasteiger partial charge in [0.1, 0.15) is 0 Å². The fourth-order valence-corrected chi connectivity index (χ4v) is 3.95. The molecule has 0 aliphatic carbocycles. The molecule has 1 unspecified atom stereocenters. The smallest absolute Gasteiger partial charge is 0.345 e. The Morgan fingerprint density at radius 3 is 2.36 bits per heavy atom. The second-order valence-corrected chi connectivity index (χ2v) is 8.53. The van der Waals surface area contributed by atoms with Crippen molar-refractivity contribution in [1.29, 1.82) is 0 Å². The van der Waals surface area contributed by atoms with Gasteiger partial charge < -0.3 is 10.6 Å². The summed E-state index contributed by atoms with van der Waals surface area (Å²) in [5.74, 6) is -0.542. The van der Waals surface area contributed by atoms with Crippen LogP contribution < -0.4 is 10.6 Å². The molecule has 0 saturated carbocycles. The Kier molecular flexibility index (Phi) is 7.81. The summed E-state index contributed by atoms with van der Waals surface area (Å²) in [5, 5.41) is 5.55. The van der Waals surface area contributed by atoms with E-state index in [1.807, 2.05) is 31.2 Å². The minimum atomic E-state index is -4.46. The number of benzene rings is 3. The number of rotatable bonds is 7. The first-order chi connectivity index (χ1) is 15.6. The van der Waals surface area contributed by atoms with Crippen LogP contribution in [0.2, 0.25) is 0 Å². The maximum absolute atomic E-state index is 13.0. The number of alkyl halides is 3. The van der Waals surface area contributed by atoms with Crippen molar-refractivity contribution in [2.75, 3.05) is 11.1 Å². The maximum atomic E-state index is 13.0. The number of nitrogens with one attached hydrogen (secondary N) is 2. The second-order valence-electron chi connectivity index (χ2n) is 7.52. The van der Waals surface area contributed by atoms with Gasteiger partial charge in [-0.3, -0.25) is 9.59 Å². The van der Waals surface area contributed by atoms with Crippen LogP contribution in [0.1, 0.15) is 40.0 Å². The summed E-state index contributed by atoms with van der Waals surface area (Å²) in [6.07, 6.45) is -4.46. The molecule has 0 bridgehead atoms. The van der Waals surface area contributed by atoms with Crippen LogP contribution in [0.4, 0.5) is 18.9 Å². The van der Waals surface area contributed by atoms with Crippen LogP contribution >= 0.6 is 11.8 Å². The van der Waals surface area contributed by atoms with Crippen LogP contribution in [0.15, 0.2) is 77.7 Å². The van der Waals surface area contributed by atoms with E-state index in [1.165, 1.54) is 23.9 Å². The molecule has 3 aromatic rings. The highest BCUT2D eigenvalue weighted by Gasteiger charge is 2.30. The van der Waals surface area contributed by atoms with E-state index in [1.54, 1.807) is 31.2 Å². The van der Waals surface area contributed by atoms with Gasteiger partial charge in [-0.15, -0.1) is 11.8 Å². The number of hydrogen-bond acceptors (Lipinski definition) is 3. The summed E-state index contributed by atoms with van der Waals surface area (Å²) in [4.78, 5) is 25.8. The zero-order valence-corrected chi connectivity index (χ0v) is 18.9. The molecule has 4 nitrogen and oxygen atoms in total. The van der Waals surface area contributed by atoms with Crippen molar-refractivity contribution in [2.24, 2.45) is 0 Å². The fraction of sp³-hybridized carbons (Fsp3) is 0.200. The summed E-state index contributed by atoms with van der Waals surface area (Å²) < 4.78 is 39.0. The Morgan fingerprint density at radius 1 is 0.970 bits per heavy atom. The van der Waals surface area contributed by atoms with E-state index in [4.69, 9.17) is 0 Å². The molecule has 0 aliphatic heterocycles. The molecule has 0 fully saturated rings. The molecule has 2 amide bonds. The van der Waals surface area contributed by atoms with Crippen LogP contribution in [-0.4, -0.2) is 17.6 Å². The van der Waals surface area contributed by atoms with Crippen LogP contribution in [0.5, 0.6) is 0 Å². The lowest BCUT2D eigenvalue weighted by Gasteiger charge is -2.17. The standard InChI is InChI=1S/C25H23F3N2O2S/c1-16-10-12-20(13-11-16)30-23(31)15-33-22-9-4-3-8-21(22)24(32)29-17(2)18-6-5-7-19(14-18)25(26,27)28/h3-14,17H,15H2,1-2H3,(H,29,32)(H,30,31). The van der Waals surface area contributed by atoms with Crippen LogP contribution in [-0.2, 0) is 11.0 Å². The summed E-state index contributed by atoms with van der Waals surface area (Å²) >= 11 is 1.21. The number of anilines is 1. The molecular weight excluding hydrogens is 449 g/mol. The van der Waals surface area contributed by atoms with Crippen molar-refractivity contribution < 1.29 is 22.8 Å². The number of halogens is 3. The number of carbonyl (C=O) groups excluding carboxylic acids is 2.